The number of aromatic carboxylic acids is 1. The highest BCUT2D eigenvalue weighted by atomic mass is 17.0. The highest BCUT2D eigenvalue weighted by Crippen LogP contribution is 2.26. The third-order valence-corrected chi connectivity index (χ3v) is 2.41. The Morgan fingerprint density at radius 1 is 1.32 bits per heavy atom. The van der Waals surface area contributed by atoms with Crippen molar-refractivity contribution in [2.45, 2.75) is 19.6 Å². The van der Waals surface area contributed by atoms with Gasteiger partial charge in [0.05, 0.1) is 11.3 Å². The molecule has 0 radical (unpaired) electrons. The van der Waals surface area contributed by atoms with Gasteiger partial charge >= 0.3 is 23.3 Å². The topological polar surface area (TPSA) is 159 Å². The van der Waals surface area contributed by atoms with Gasteiger partial charge in [-0.1, -0.05) is 12.1 Å². The number of nitrogens with zero attached hydrogens (tertiary/aromatic N) is 2. The molecule has 0 spiro atoms. The maximum Gasteiger partial charge on any atom is 0.359 e. The summed E-state index contributed by atoms with van der Waals surface area (Å²) in [6.07, 6.45) is -2.72. The Labute approximate surface area is 122 Å². The maximum absolute atomic E-state index is 11.1. The molecule has 11 heteroatoms. The minimum Gasteiger partial charge on any atom is -0.478 e. The molecule has 1 N–H and O–H groups in total. The number of nitro groups is 1. The fourth-order valence-electron chi connectivity index (χ4n) is 1.62. The van der Waals surface area contributed by atoms with Crippen LogP contribution >= 0.6 is 0 Å². The van der Waals surface area contributed by atoms with E-state index in [9.17, 15) is 29.8 Å². The highest BCUT2D eigenvalue weighted by molar-refractivity contribution is 5.92. The van der Waals surface area contributed by atoms with E-state index in [1.807, 2.05) is 0 Å². The Morgan fingerprint density at radius 2 is 1.95 bits per heavy atom. The standard InChI is InChI=1S/C11H10N2O9/c1-6(14)21-10-7(3-2-4-8(10)11(15)16)5-9(12(17)18)22-13(19)20/h2-4,9H,5H2,1H3,(H,15,16). The minimum absolute atomic E-state index is 0.0846. The maximum atomic E-state index is 11.1. The summed E-state index contributed by atoms with van der Waals surface area (Å²) >= 11 is 0. The van der Waals surface area contributed by atoms with Crippen LogP contribution in [0.25, 0.3) is 0 Å². The lowest BCUT2D eigenvalue weighted by Crippen LogP contribution is -2.28. The molecule has 0 fully saturated rings. The van der Waals surface area contributed by atoms with E-state index in [0.717, 1.165) is 13.0 Å². The van der Waals surface area contributed by atoms with Gasteiger partial charge in [0.2, 0.25) is 0 Å². The van der Waals surface area contributed by atoms with E-state index in [4.69, 9.17) is 9.84 Å². The summed E-state index contributed by atoms with van der Waals surface area (Å²) in [6, 6.07) is 3.62. The number of benzene rings is 1. The van der Waals surface area contributed by atoms with Gasteiger partial charge in [-0.25, -0.2) is 9.63 Å². The predicted octanol–water partition coefficient (Wildman–Crippen LogP) is 0.664. The molecule has 11 nitrogen and oxygen atoms in total. The van der Waals surface area contributed by atoms with E-state index in [2.05, 4.69) is 4.84 Å². The first kappa shape index (κ1) is 16.8. The third kappa shape index (κ3) is 4.40. The molecule has 0 amide bonds. The van der Waals surface area contributed by atoms with Crippen LogP contribution in [0, 0.1) is 20.2 Å². The van der Waals surface area contributed by atoms with Gasteiger partial charge in [0.15, 0.2) is 0 Å². The van der Waals surface area contributed by atoms with Crippen molar-refractivity contribution in [2.24, 2.45) is 0 Å². The smallest absolute Gasteiger partial charge is 0.359 e. The quantitative estimate of drug-likeness (QED) is 0.251. The highest BCUT2D eigenvalue weighted by Gasteiger charge is 2.28. The van der Waals surface area contributed by atoms with Crippen molar-refractivity contribution in [2.75, 3.05) is 0 Å². The normalized spacial score (nSPS) is 11.3. The lowest BCUT2D eigenvalue weighted by molar-refractivity contribution is -0.825. The van der Waals surface area contributed by atoms with Crippen molar-refractivity contribution in [3.8, 4) is 5.75 Å². The predicted molar refractivity (Wildman–Crippen MR) is 67.3 cm³/mol. The van der Waals surface area contributed by atoms with E-state index in [-0.39, 0.29) is 5.56 Å². The van der Waals surface area contributed by atoms with Crippen LogP contribution in [0.4, 0.5) is 0 Å². The molecule has 0 bridgehead atoms. The van der Waals surface area contributed by atoms with Gasteiger partial charge in [-0.15, -0.1) is 10.1 Å². The van der Waals surface area contributed by atoms with Crippen molar-refractivity contribution in [3.05, 3.63) is 49.6 Å². The molecule has 0 aromatic heterocycles. The molecule has 0 aliphatic carbocycles. The van der Waals surface area contributed by atoms with Gasteiger partial charge in [0.1, 0.15) is 11.3 Å². The monoisotopic (exact) mass is 314 g/mol. The number of carboxylic acid groups (broad SMARTS) is 1. The third-order valence-electron chi connectivity index (χ3n) is 2.41. The van der Waals surface area contributed by atoms with E-state index >= 15 is 0 Å². The molecule has 0 aliphatic rings. The van der Waals surface area contributed by atoms with Crippen LogP contribution in [-0.2, 0) is 16.1 Å². The molecule has 1 unspecified atom stereocenters. The van der Waals surface area contributed by atoms with Gasteiger partial charge in [-0.3, -0.25) is 14.9 Å². The number of rotatable bonds is 7. The lowest BCUT2D eigenvalue weighted by Gasteiger charge is -2.13. The first-order chi connectivity index (χ1) is 10.2. The van der Waals surface area contributed by atoms with Crippen molar-refractivity contribution in [1.29, 1.82) is 0 Å². The fraction of sp³-hybridized carbons (Fsp3) is 0.273. The summed E-state index contributed by atoms with van der Waals surface area (Å²) in [5.41, 5.74) is -0.491. The number of para-hydroxylation sites is 1. The molecule has 0 aliphatic heterocycles. The van der Waals surface area contributed by atoms with Gasteiger partial charge in [0, 0.05) is 12.5 Å². The number of hydrogen-bond donors (Lipinski definition) is 1. The fourth-order valence-corrected chi connectivity index (χ4v) is 1.62. The zero-order valence-electron chi connectivity index (χ0n) is 11.1. The van der Waals surface area contributed by atoms with Crippen molar-refractivity contribution in [1.82, 2.24) is 0 Å². The van der Waals surface area contributed by atoms with Gasteiger partial charge in [0.25, 0.3) is 0 Å². The van der Waals surface area contributed by atoms with Crippen LogP contribution < -0.4 is 4.74 Å². The summed E-state index contributed by atoms with van der Waals surface area (Å²) in [6.45, 7) is 1.01. The second-order valence-electron chi connectivity index (χ2n) is 3.97. The van der Waals surface area contributed by atoms with Crippen LogP contribution in [0.5, 0.6) is 5.75 Å². The second-order valence-corrected chi connectivity index (χ2v) is 3.97. The van der Waals surface area contributed by atoms with E-state index < -0.39 is 45.9 Å². The molecule has 0 saturated carbocycles. The molecular formula is C11H10N2O9. The average Bonchev–Trinajstić information content (AvgIpc) is 2.38. The number of carbonyl (C=O) groups excluding carboxylic acids is 1. The Balaban J connectivity index is 3.24. The summed E-state index contributed by atoms with van der Waals surface area (Å²) in [5.74, 6) is -2.69. The Morgan fingerprint density at radius 3 is 2.41 bits per heavy atom. The Bertz CT molecular complexity index is 628. The molecule has 22 heavy (non-hydrogen) atoms. The minimum atomic E-state index is -2.06. The second kappa shape index (κ2) is 6.97. The summed E-state index contributed by atoms with van der Waals surface area (Å²) in [7, 11) is 0. The first-order valence-corrected chi connectivity index (χ1v) is 5.70. The molecule has 1 aromatic rings. The van der Waals surface area contributed by atoms with Crippen LogP contribution in [-0.4, -0.2) is 33.3 Å². The summed E-state index contributed by atoms with van der Waals surface area (Å²) in [4.78, 5) is 46.0. The van der Waals surface area contributed by atoms with Gasteiger partial charge in [-0.2, -0.15) is 0 Å². The van der Waals surface area contributed by atoms with Crippen LogP contribution in [0.15, 0.2) is 18.2 Å². The molecule has 0 heterocycles. The molecule has 118 valence electrons. The average molecular weight is 314 g/mol. The largest absolute Gasteiger partial charge is 0.478 e. The van der Waals surface area contributed by atoms with Gasteiger partial charge < -0.3 is 9.84 Å². The Kier molecular flexibility index (Phi) is 5.32. The summed E-state index contributed by atoms with van der Waals surface area (Å²) in [5, 5.41) is 28.7. The van der Waals surface area contributed by atoms with E-state index in [1.165, 1.54) is 12.1 Å². The van der Waals surface area contributed by atoms with Crippen LogP contribution in [0.3, 0.4) is 0 Å². The van der Waals surface area contributed by atoms with Crippen molar-refractivity contribution < 1.29 is 34.3 Å². The lowest BCUT2D eigenvalue weighted by atomic mass is 10.1. The molecule has 1 rings (SSSR count). The number of carbonyl (C=O) groups is 2. The number of ether oxygens (including phenoxy) is 1. The number of carboxylic acids is 1. The molecule has 1 atom stereocenters. The van der Waals surface area contributed by atoms with E-state index in [1.54, 1.807) is 0 Å². The van der Waals surface area contributed by atoms with Crippen LogP contribution in [0.1, 0.15) is 22.8 Å². The van der Waals surface area contributed by atoms with Gasteiger partial charge in [-0.05, 0) is 6.07 Å². The van der Waals surface area contributed by atoms with E-state index in [0.29, 0.717) is 0 Å². The number of hydrogen-bond acceptors (Lipinski definition) is 8. The van der Waals surface area contributed by atoms with Crippen LogP contribution in [0.2, 0.25) is 0 Å². The zero-order valence-corrected chi connectivity index (χ0v) is 11.1. The van der Waals surface area contributed by atoms with Crippen molar-refractivity contribution in [3.63, 3.8) is 0 Å². The molecule has 1 aromatic carbocycles. The SMILES string of the molecule is CC(=O)Oc1c(CC(O[N+](=O)[O-])[N+](=O)[O-])cccc1C(=O)O. The Hall–Kier alpha value is -3.24. The molecular weight excluding hydrogens is 304 g/mol. The number of esters is 1. The summed E-state index contributed by atoms with van der Waals surface area (Å²) < 4.78 is 4.76. The van der Waals surface area contributed by atoms with Crippen molar-refractivity contribution >= 4 is 11.9 Å². The zero-order chi connectivity index (χ0) is 16.9. The first-order valence-electron chi connectivity index (χ1n) is 5.70. The molecule has 0 saturated heterocycles.